The third kappa shape index (κ3) is 3.73. The zero-order valence-corrected chi connectivity index (χ0v) is 17.1. The third-order valence-corrected chi connectivity index (χ3v) is 5.87. The van der Waals surface area contributed by atoms with E-state index in [2.05, 4.69) is 10.5 Å². The van der Waals surface area contributed by atoms with Gasteiger partial charge in [-0.3, -0.25) is 9.59 Å². The van der Waals surface area contributed by atoms with Crippen molar-refractivity contribution in [3.05, 3.63) is 75.4 Å². The van der Waals surface area contributed by atoms with Crippen molar-refractivity contribution in [1.82, 2.24) is 5.43 Å². The highest BCUT2D eigenvalue weighted by atomic mass is 32.1. The van der Waals surface area contributed by atoms with Crippen LogP contribution in [0, 0.1) is 6.92 Å². The normalized spacial score (nSPS) is 14.5. The van der Waals surface area contributed by atoms with E-state index in [9.17, 15) is 9.59 Å². The summed E-state index contributed by atoms with van der Waals surface area (Å²) < 4.78 is 5.97. The summed E-state index contributed by atoms with van der Waals surface area (Å²) in [5, 5.41) is 6.21. The number of carbonyl (C=O) groups excluding carboxylic acids is 2. The Balaban J connectivity index is 1.61. The van der Waals surface area contributed by atoms with Gasteiger partial charge < -0.3 is 9.32 Å². The molecule has 0 spiro atoms. The lowest BCUT2D eigenvalue weighted by molar-refractivity contribution is 0.0953. The van der Waals surface area contributed by atoms with Gasteiger partial charge in [-0.05, 0) is 43.3 Å². The van der Waals surface area contributed by atoms with E-state index in [1.54, 1.807) is 18.0 Å². The molecular formula is C22H21N3O3S. The monoisotopic (exact) mass is 407 g/mol. The Morgan fingerprint density at radius 3 is 2.66 bits per heavy atom. The molecule has 0 bridgehead atoms. The Hall–Kier alpha value is -3.19. The minimum absolute atomic E-state index is 0.204. The molecule has 0 saturated heterocycles. The number of para-hydroxylation sites is 1. The molecule has 0 atom stereocenters. The quantitative estimate of drug-likeness (QED) is 0.652. The molecule has 1 N–H and O–H groups in total. The Morgan fingerprint density at radius 1 is 1.14 bits per heavy atom. The number of anilines is 1. The second kappa shape index (κ2) is 8.05. The average Bonchev–Trinajstić information content (AvgIpc) is 3.40. The van der Waals surface area contributed by atoms with Crippen LogP contribution in [-0.2, 0) is 6.42 Å². The van der Waals surface area contributed by atoms with Crippen molar-refractivity contribution >= 4 is 34.6 Å². The summed E-state index contributed by atoms with van der Waals surface area (Å²) in [6.45, 7) is 1.87. The van der Waals surface area contributed by atoms with Crippen molar-refractivity contribution in [3.63, 3.8) is 0 Å². The zero-order valence-electron chi connectivity index (χ0n) is 16.3. The second-order valence-electron chi connectivity index (χ2n) is 6.88. The van der Waals surface area contributed by atoms with E-state index in [0.29, 0.717) is 10.6 Å². The van der Waals surface area contributed by atoms with Gasteiger partial charge in [0, 0.05) is 30.3 Å². The molecule has 2 heterocycles. The van der Waals surface area contributed by atoms with Gasteiger partial charge in [0.25, 0.3) is 11.8 Å². The number of amides is 2. The van der Waals surface area contributed by atoms with Gasteiger partial charge in [-0.2, -0.15) is 5.10 Å². The first kappa shape index (κ1) is 19.1. The van der Waals surface area contributed by atoms with Crippen LogP contribution < -0.4 is 10.3 Å². The largest absolute Gasteiger partial charge is 0.455 e. The lowest BCUT2D eigenvalue weighted by Gasteiger charge is -2.16. The molecule has 0 aliphatic heterocycles. The summed E-state index contributed by atoms with van der Waals surface area (Å²) in [6.07, 6.45) is 2.33. The minimum Gasteiger partial charge on any atom is -0.455 e. The van der Waals surface area contributed by atoms with E-state index >= 15 is 0 Å². The Kier molecular flexibility index (Phi) is 5.31. The summed E-state index contributed by atoms with van der Waals surface area (Å²) in [4.78, 5) is 27.4. The molecule has 29 heavy (non-hydrogen) atoms. The van der Waals surface area contributed by atoms with Gasteiger partial charge >= 0.3 is 0 Å². The van der Waals surface area contributed by atoms with Gasteiger partial charge in [-0.25, -0.2) is 5.43 Å². The van der Waals surface area contributed by atoms with E-state index in [4.69, 9.17) is 4.42 Å². The summed E-state index contributed by atoms with van der Waals surface area (Å²) in [5.41, 5.74) is 5.78. The van der Waals surface area contributed by atoms with Gasteiger partial charge in [0.15, 0.2) is 5.76 Å². The number of aryl methyl sites for hydroxylation is 1. The maximum absolute atomic E-state index is 13.0. The first-order chi connectivity index (χ1) is 14.1. The number of carbonyl (C=O) groups is 2. The van der Waals surface area contributed by atoms with Crippen molar-refractivity contribution in [1.29, 1.82) is 0 Å². The van der Waals surface area contributed by atoms with E-state index < -0.39 is 0 Å². The van der Waals surface area contributed by atoms with Gasteiger partial charge in [-0.1, -0.05) is 24.3 Å². The standard InChI is InChI=1S/C22H21N3O3S/c1-14-19-16(23-24-21(26)18-12-7-13-29-18)10-6-11-17(19)28-20(14)22(27)25(2)15-8-4-3-5-9-15/h3-5,7-9,12-13H,6,10-11H2,1-2H3,(H,24,26)/b23-16+. The topological polar surface area (TPSA) is 74.9 Å². The fourth-order valence-corrected chi connectivity index (χ4v) is 4.10. The molecule has 2 amide bonds. The molecule has 0 fully saturated rings. The highest BCUT2D eigenvalue weighted by Gasteiger charge is 2.29. The molecule has 0 saturated carbocycles. The van der Waals surface area contributed by atoms with Crippen LogP contribution in [0.5, 0.6) is 0 Å². The number of furan rings is 1. The van der Waals surface area contributed by atoms with Gasteiger partial charge in [0.1, 0.15) is 5.76 Å². The minimum atomic E-state index is -0.235. The van der Waals surface area contributed by atoms with Crippen molar-refractivity contribution < 1.29 is 14.0 Å². The molecular weight excluding hydrogens is 386 g/mol. The second-order valence-corrected chi connectivity index (χ2v) is 7.83. The highest BCUT2D eigenvalue weighted by molar-refractivity contribution is 7.12. The summed E-state index contributed by atoms with van der Waals surface area (Å²) in [6, 6.07) is 13.0. The van der Waals surface area contributed by atoms with Crippen LogP contribution in [0.1, 0.15) is 50.0 Å². The molecule has 0 unspecified atom stereocenters. The molecule has 4 rings (SSSR count). The van der Waals surface area contributed by atoms with Crippen LogP contribution in [0.3, 0.4) is 0 Å². The van der Waals surface area contributed by atoms with Crippen molar-refractivity contribution in [2.75, 3.05) is 11.9 Å². The van der Waals surface area contributed by atoms with Crippen LogP contribution in [0.2, 0.25) is 0 Å². The maximum Gasteiger partial charge on any atom is 0.294 e. The molecule has 3 aromatic rings. The lowest BCUT2D eigenvalue weighted by Crippen LogP contribution is -2.26. The van der Waals surface area contributed by atoms with E-state index in [0.717, 1.165) is 47.5 Å². The molecule has 1 aliphatic carbocycles. The van der Waals surface area contributed by atoms with Crippen LogP contribution in [0.4, 0.5) is 5.69 Å². The predicted molar refractivity (Wildman–Crippen MR) is 114 cm³/mol. The third-order valence-electron chi connectivity index (χ3n) is 5.01. The fourth-order valence-electron chi connectivity index (χ4n) is 3.49. The SMILES string of the molecule is Cc1c(C(=O)N(C)c2ccccc2)oc2c1/C(=N/NC(=O)c1cccs1)CCC2. The Morgan fingerprint density at radius 2 is 1.93 bits per heavy atom. The number of benzene rings is 1. The van der Waals surface area contributed by atoms with Crippen LogP contribution >= 0.6 is 11.3 Å². The molecule has 7 heteroatoms. The number of rotatable bonds is 4. The van der Waals surface area contributed by atoms with Gasteiger partial charge in [0.2, 0.25) is 0 Å². The smallest absolute Gasteiger partial charge is 0.294 e. The van der Waals surface area contributed by atoms with E-state index in [1.165, 1.54) is 11.3 Å². The molecule has 2 aromatic heterocycles. The predicted octanol–water partition coefficient (Wildman–Crippen LogP) is 4.40. The number of hydrogen-bond acceptors (Lipinski definition) is 5. The van der Waals surface area contributed by atoms with Gasteiger partial charge in [0.05, 0.1) is 10.6 Å². The highest BCUT2D eigenvalue weighted by Crippen LogP contribution is 2.31. The maximum atomic E-state index is 13.0. The average molecular weight is 407 g/mol. The first-order valence-corrected chi connectivity index (χ1v) is 10.3. The van der Waals surface area contributed by atoms with Gasteiger partial charge in [-0.15, -0.1) is 11.3 Å². The number of hydrazone groups is 1. The van der Waals surface area contributed by atoms with Crippen molar-refractivity contribution in [3.8, 4) is 0 Å². The molecule has 148 valence electrons. The van der Waals surface area contributed by atoms with E-state index in [-0.39, 0.29) is 11.8 Å². The molecule has 1 aromatic carbocycles. The number of nitrogens with zero attached hydrogens (tertiary/aromatic N) is 2. The Bertz CT molecular complexity index is 1070. The lowest BCUT2D eigenvalue weighted by atomic mass is 9.93. The van der Waals surface area contributed by atoms with Crippen molar-refractivity contribution in [2.45, 2.75) is 26.2 Å². The summed E-state index contributed by atoms with van der Waals surface area (Å²) in [5.74, 6) is 0.633. The van der Waals surface area contributed by atoms with Crippen LogP contribution in [-0.4, -0.2) is 24.6 Å². The molecule has 6 nitrogen and oxygen atoms in total. The Labute approximate surface area is 172 Å². The molecule has 0 radical (unpaired) electrons. The first-order valence-electron chi connectivity index (χ1n) is 9.42. The number of nitrogens with one attached hydrogen (secondary N) is 1. The van der Waals surface area contributed by atoms with Crippen molar-refractivity contribution in [2.24, 2.45) is 5.10 Å². The summed E-state index contributed by atoms with van der Waals surface area (Å²) in [7, 11) is 1.73. The number of fused-ring (bicyclic) bond motifs is 1. The molecule has 1 aliphatic rings. The number of thiophene rings is 1. The van der Waals surface area contributed by atoms with Crippen LogP contribution in [0.25, 0.3) is 0 Å². The number of hydrogen-bond donors (Lipinski definition) is 1. The van der Waals surface area contributed by atoms with Crippen LogP contribution in [0.15, 0.2) is 57.4 Å². The zero-order chi connectivity index (χ0) is 20.4. The van der Waals surface area contributed by atoms with E-state index in [1.807, 2.05) is 48.7 Å². The fraction of sp³-hybridized carbons (Fsp3) is 0.227. The summed E-state index contributed by atoms with van der Waals surface area (Å²) >= 11 is 1.37.